The van der Waals surface area contributed by atoms with Crippen LogP contribution >= 0.6 is 0 Å². The Labute approximate surface area is 94.8 Å². The van der Waals surface area contributed by atoms with Crippen LogP contribution in [-0.2, 0) is 9.59 Å². The van der Waals surface area contributed by atoms with Gasteiger partial charge in [0.1, 0.15) is 0 Å². The Hall–Kier alpha value is -1.10. The number of aliphatic hydroxyl groups excluding tert-OH is 1. The minimum absolute atomic E-state index is 0.00364. The molecule has 1 aliphatic carbocycles. The van der Waals surface area contributed by atoms with Gasteiger partial charge in [0.2, 0.25) is 11.8 Å². The topological polar surface area (TPSA) is 69.6 Å². The molecule has 0 aromatic carbocycles. The first-order valence-electron chi connectivity index (χ1n) is 5.90. The largest absolute Gasteiger partial charge is 0.395 e. The van der Waals surface area contributed by atoms with E-state index < -0.39 is 0 Å². The maximum atomic E-state index is 12.1. The maximum Gasteiger partial charge on any atom is 0.228 e. The fraction of sp³-hybridized carbons (Fsp3) is 0.818. The molecule has 2 fully saturated rings. The van der Waals surface area contributed by atoms with E-state index in [0.29, 0.717) is 19.5 Å². The number of aliphatic hydroxyl groups is 1. The molecule has 1 unspecified atom stereocenters. The van der Waals surface area contributed by atoms with Crippen LogP contribution in [0.2, 0.25) is 0 Å². The van der Waals surface area contributed by atoms with Crippen molar-refractivity contribution in [1.82, 2.24) is 10.2 Å². The van der Waals surface area contributed by atoms with Crippen LogP contribution in [-0.4, -0.2) is 47.6 Å². The first kappa shape index (κ1) is 11.4. The van der Waals surface area contributed by atoms with E-state index in [1.165, 1.54) is 0 Å². The molecule has 5 nitrogen and oxygen atoms in total. The van der Waals surface area contributed by atoms with Crippen molar-refractivity contribution in [2.24, 2.45) is 5.92 Å². The third kappa shape index (κ3) is 2.19. The van der Waals surface area contributed by atoms with Crippen molar-refractivity contribution in [3.63, 3.8) is 0 Å². The van der Waals surface area contributed by atoms with Gasteiger partial charge < -0.3 is 15.3 Å². The van der Waals surface area contributed by atoms with Crippen molar-refractivity contribution >= 4 is 11.8 Å². The third-order valence-corrected chi connectivity index (χ3v) is 3.47. The predicted octanol–water partition coefficient (Wildman–Crippen LogP) is -0.504. The van der Waals surface area contributed by atoms with E-state index in [9.17, 15) is 9.59 Å². The van der Waals surface area contributed by atoms with E-state index in [2.05, 4.69) is 5.32 Å². The van der Waals surface area contributed by atoms with Crippen LogP contribution in [0.15, 0.2) is 0 Å². The van der Waals surface area contributed by atoms with Gasteiger partial charge in [0.15, 0.2) is 0 Å². The summed E-state index contributed by atoms with van der Waals surface area (Å²) in [5, 5.41) is 11.6. The van der Waals surface area contributed by atoms with Gasteiger partial charge in [0.05, 0.1) is 12.5 Å². The lowest BCUT2D eigenvalue weighted by Crippen LogP contribution is -2.48. The van der Waals surface area contributed by atoms with Gasteiger partial charge in [0, 0.05) is 25.6 Å². The van der Waals surface area contributed by atoms with Crippen molar-refractivity contribution in [2.75, 3.05) is 19.7 Å². The maximum absolute atomic E-state index is 12.1. The highest BCUT2D eigenvalue weighted by Crippen LogP contribution is 2.26. The highest BCUT2D eigenvalue weighted by molar-refractivity contribution is 5.89. The van der Waals surface area contributed by atoms with E-state index in [1.807, 2.05) is 0 Å². The monoisotopic (exact) mass is 226 g/mol. The Kier molecular flexibility index (Phi) is 3.43. The summed E-state index contributed by atoms with van der Waals surface area (Å²) in [5.74, 6) is -0.243. The van der Waals surface area contributed by atoms with Gasteiger partial charge in [-0.1, -0.05) is 0 Å². The minimum atomic E-state index is -0.223. The van der Waals surface area contributed by atoms with E-state index in [1.54, 1.807) is 4.90 Å². The summed E-state index contributed by atoms with van der Waals surface area (Å²) < 4.78 is 0. The van der Waals surface area contributed by atoms with Gasteiger partial charge in [-0.3, -0.25) is 9.59 Å². The lowest BCUT2D eigenvalue weighted by Gasteiger charge is -2.38. The Morgan fingerprint density at radius 3 is 2.69 bits per heavy atom. The van der Waals surface area contributed by atoms with Gasteiger partial charge in [0.25, 0.3) is 0 Å². The van der Waals surface area contributed by atoms with Gasteiger partial charge >= 0.3 is 0 Å². The van der Waals surface area contributed by atoms with Crippen LogP contribution in [0, 0.1) is 5.92 Å². The first-order chi connectivity index (χ1) is 7.72. The normalized spacial score (nSPS) is 25.1. The van der Waals surface area contributed by atoms with E-state index in [-0.39, 0.29) is 30.4 Å². The molecule has 0 radical (unpaired) electrons. The number of nitrogens with one attached hydrogen (secondary N) is 1. The average molecular weight is 226 g/mol. The van der Waals surface area contributed by atoms with Crippen molar-refractivity contribution in [3.05, 3.63) is 0 Å². The van der Waals surface area contributed by atoms with Crippen LogP contribution < -0.4 is 5.32 Å². The van der Waals surface area contributed by atoms with Crippen LogP contribution in [0.3, 0.4) is 0 Å². The quantitative estimate of drug-likeness (QED) is 0.678. The summed E-state index contributed by atoms with van der Waals surface area (Å²) in [6.45, 7) is 0.844. The molecular formula is C11H18N2O3. The predicted molar refractivity (Wildman–Crippen MR) is 57.6 cm³/mol. The molecule has 2 N–H and O–H groups in total. The number of amides is 2. The standard InChI is InChI=1S/C11H18N2O3/c14-5-4-13(9-2-1-3-9)11(16)8-6-10(15)12-7-8/h8-9,14H,1-7H2,(H,12,15). The number of hydrogen-bond acceptors (Lipinski definition) is 3. The molecule has 1 aliphatic heterocycles. The summed E-state index contributed by atoms with van der Waals surface area (Å²) in [5.41, 5.74) is 0. The molecule has 1 saturated carbocycles. The van der Waals surface area contributed by atoms with E-state index >= 15 is 0 Å². The highest BCUT2D eigenvalue weighted by atomic mass is 16.3. The van der Waals surface area contributed by atoms with Gasteiger partial charge in [-0.2, -0.15) is 0 Å². The number of carbonyl (C=O) groups is 2. The second-order valence-corrected chi connectivity index (χ2v) is 4.55. The molecule has 2 rings (SSSR count). The van der Waals surface area contributed by atoms with Crippen molar-refractivity contribution in [2.45, 2.75) is 31.7 Å². The highest BCUT2D eigenvalue weighted by Gasteiger charge is 2.35. The van der Waals surface area contributed by atoms with Crippen LogP contribution in [0.5, 0.6) is 0 Å². The van der Waals surface area contributed by atoms with Crippen molar-refractivity contribution in [1.29, 1.82) is 0 Å². The molecule has 0 aromatic rings. The zero-order valence-electron chi connectivity index (χ0n) is 9.32. The van der Waals surface area contributed by atoms with Crippen LogP contribution in [0.25, 0.3) is 0 Å². The average Bonchev–Trinajstić information content (AvgIpc) is 2.60. The number of carbonyl (C=O) groups excluding carboxylic acids is 2. The zero-order valence-corrected chi connectivity index (χ0v) is 9.32. The fourth-order valence-electron chi connectivity index (χ4n) is 2.29. The molecule has 16 heavy (non-hydrogen) atoms. The van der Waals surface area contributed by atoms with Crippen molar-refractivity contribution < 1.29 is 14.7 Å². The Morgan fingerprint density at radius 1 is 1.50 bits per heavy atom. The molecule has 2 amide bonds. The molecule has 1 heterocycles. The zero-order chi connectivity index (χ0) is 11.5. The van der Waals surface area contributed by atoms with Gasteiger partial charge in [-0.05, 0) is 19.3 Å². The molecule has 1 saturated heterocycles. The fourth-order valence-corrected chi connectivity index (χ4v) is 2.29. The van der Waals surface area contributed by atoms with E-state index in [4.69, 9.17) is 5.11 Å². The molecule has 0 bridgehead atoms. The minimum Gasteiger partial charge on any atom is -0.395 e. The molecular weight excluding hydrogens is 208 g/mol. The van der Waals surface area contributed by atoms with Crippen LogP contribution in [0.1, 0.15) is 25.7 Å². The van der Waals surface area contributed by atoms with Gasteiger partial charge in [-0.25, -0.2) is 0 Å². The Balaban J connectivity index is 1.95. The Morgan fingerprint density at radius 2 is 2.25 bits per heavy atom. The molecule has 0 spiro atoms. The SMILES string of the molecule is O=C1CC(C(=O)N(CCO)C2CCC2)CN1. The second kappa shape index (κ2) is 4.82. The molecule has 0 aromatic heterocycles. The Bertz CT molecular complexity index is 289. The lowest BCUT2D eigenvalue weighted by molar-refractivity contribution is -0.140. The molecule has 1 atom stereocenters. The summed E-state index contributed by atoms with van der Waals surface area (Å²) in [6, 6.07) is 0.287. The number of rotatable bonds is 4. The van der Waals surface area contributed by atoms with Crippen molar-refractivity contribution in [3.8, 4) is 0 Å². The van der Waals surface area contributed by atoms with E-state index in [0.717, 1.165) is 19.3 Å². The molecule has 2 aliphatic rings. The number of nitrogens with zero attached hydrogens (tertiary/aromatic N) is 1. The summed E-state index contributed by atoms with van der Waals surface area (Å²) in [4.78, 5) is 25.0. The first-order valence-corrected chi connectivity index (χ1v) is 5.90. The smallest absolute Gasteiger partial charge is 0.228 e. The summed E-state index contributed by atoms with van der Waals surface area (Å²) in [7, 11) is 0. The second-order valence-electron chi connectivity index (χ2n) is 4.55. The van der Waals surface area contributed by atoms with Gasteiger partial charge in [-0.15, -0.1) is 0 Å². The van der Waals surface area contributed by atoms with Crippen LogP contribution in [0.4, 0.5) is 0 Å². The summed E-state index contributed by atoms with van der Waals surface area (Å²) in [6.07, 6.45) is 3.51. The molecule has 90 valence electrons. The number of hydrogen-bond donors (Lipinski definition) is 2. The lowest BCUT2D eigenvalue weighted by atomic mass is 9.90. The third-order valence-electron chi connectivity index (χ3n) is 3.47. The summed E-state index contributed by atoms with van der Waals surface area (Å²) >= 11 is 0. The molecule has 5 heteroatoms.